The molecule has 0 aliphatic heterocycles. The fourth-order valence-corrected chi connectivity index (χ4v) is 3.26. The average molecular weight is 286 g/mol. The second-order valence-electron chi connectivity index (χ2n) is 6.03. The van der Waals surface area contributed by atoms with Crippen molar-refractivity contribution < 1.29 is 0 Å². The summed E-state index contributed by atoms with van der Waals surface area (Å²) in [5, 5.41) is 0. The molecule has 0 bridgehead atoms. The van der Waals surface area contributed by atoms with Crippen molar-refractivity contribution in [3.8, 4) is 11.1 Å². The van der Waals surface area contributed by atoms with Gasteiger partial charge in [0.05, 0.1) is 0 Å². The van der Waals surface area contributed by atoms with Gasteiger partial charge in [0.15, 0.2) is 0 Å². The normalized spacial score (nSPS) is 14.4. The first kappa shape index (κ1) is 14.6. The molecule has 0 heteroatoms. The number of benzene rings is 2. The Labute approximate surface area is 133 Å². The SMILES string of the molecule is C=Cc1cccc(-c2cccc(C(C=C)(C=C)C3CC3)c2)c1. The summed E-state index contributed by atoms with van der Waals surface area (Å²) in [6, 6.07) is 17.2. The molecule has 22 heavy (non-hydrogen) atoms. The third-order valence-corrected chi connectivity index (χ3v) is 4.75. The van der Waals surface area contributed by atoms with Crippen molar-refractivity contribution >= 4 is 6.08 Å². The van der Waals surface area contributed by atoms with Gasteiger partial charge in [-0.15, -0.1) is 13.2 Å². The largest absolute Gasteiger partial charge is 0.102 e. The molecule has 0 N–H and O–H groups in total. The van der Waals surface area contributed by atoms with Crippen LogP contribution in [0.5, 0.6) is 0 Å². The van der Waals surface area contributed by atoms with Crippen LogP contribution in [0.3, 0.4) is 0 Å². The van der Waals surface area contributed by atoms with E-state index in [-0.39, 0.29) is 5.41 Å². The number of hydrogen-bond donors (Lipinski definition) is 0. The molecule has 2 aromatic carbocycles. The van der Waals surface area contributed by atoms with Gasteiger partial charge in [0, 0.05) is 5.41 Å². The van der Waals surface area contributed by atoms with Gasteiger partial charge in [0.2, 0.25) is 0 Å². The van der Waals surface area contributed by atoms with Gasteiger partial charge in [0.1, 0.15) is 0 Å². The number of hydrogen-bond acceptors (Lipinski definition) is 0. The Morgan fingerprint density at radius 1 is 0.864 bits per heavy atom. The molecular formula is C22H22. The van der Waals surface area contributed by atoms with E-state index in [1.807, 2.05) is 6.08 Å². The Kier molecular flexibility index (Phi) is 3.85. The van der Waals surface area contributed by atoms with Crippen LogP contribution in [0.15, 0.2) is 80.4 Å². The maximum absolute atomic E-state index is 4.09. The molecule has 0 unspecified atom stereocenters. The van der Waals surface area contributed by atoms with Gasteiger partial charge >= 0.3 is 0 Å². The van der Waals surface area contributed by atoms with Crippen molar-refractivity contribution in [2.75, 3.05) is 0 Å². The number of rotatable bonds is 6. The highest BCUT2D eigenvalue weighted by Crippen LogP contribution is 2.49. The van der Waals surface area contributed by atoms with E-state index in [1.54, 1.807) is 0 Å². The van der Waals surface area contributed by atoms with E-state index in [0.717, 1.165) is 5.56 Å². The second-order valence-corrected chi connectivity index (χ2v) is 6.03. The Bertz CT molecular complexity index is 708. The van der Waals surface area contributed by atoms with Crippen molar-refractivity contribution in [2.45, 2.75) is 18.3 Å². The molecule has 2 aromatic rings. The van der Waals surface area contributed by atoms with Crippen LogP contribution in [0.25, 0.3) is 17.2 Å². The van der Waals surface area contributed by atoms with Crippen molar-refractivity contribution in [3.63, 3.8) is 0 Å². The van der Waals surface area contributed by atoms with Gasteiger partial charge < -0.3 is 0 Å². The molecule has 0 amide bonds. The maximum Gasteiger partial charge on any atom is 0.0335 e. The van der Waals surface area contributed by atoms with E-state index in [1.165, 1.54) is 29.5 Å². The van der Waals surface area contributed by atoms with Crippen LogP contribution in [0.2, 0.25) is 0 Å². The van der Waals surface area contributed by atoms with Crippen LogP contribution in [-0.2, 0) is 5.41 Å². The molecule has 0 radical (unpaired) electrons. The summed E-state index contributed by atoms with van der Waals surface area (Å²) < 4.78 is 0. The van der Waals surface area contributed by atoms with Gasteiger partial charge in [-0.1, -0.05) is 61.2 Å². The van der Waals surface area contributed by atoms with Crippen molar-refractivity contribution in [3.05, 3.63) is 91.5 Å². The van der Waals surface area contributed by atoms with Crippen LogP contribution in [0.1, 0.15) is 24.0 Å². The zero-order valence-electron chi connectivity index (χ0n) is 13.0. The van der Waals surface area contributed by atoms with Gasteiger partial charge in [-0.25, -0.2) is 0 Å². The third-order valence-electron chi connectivity index (χ3n) is 4.75. The van der Waals surface area contributed by atoms with Gasteiger partial charge in [0.25, 0.3) is 0 Å². The van der Waals surface area contributed by atoms with E-state index in [0.29, 0.717) is 5.92 Å². The molecule has 0 spiro atoms. The minimum atomic E-state index is -0.0912. The maximum atomic E-state index is 4.09. The summed E-state index contributed by atoms with van der Waals surface area (Å²) in [7, 11) is 0. The summed E-state index contributed by atoms with van der Waals surface area (Å²) in [5.74, 6) is 0.650. The van der Waals surface area contributed by atoms with E-state index in [9.17, 15) is 0 Å². The highest BCUT2D eigenvalue weighted by atomic mass is 14.4. The lowest BCUT2D eigenvalue weighted by Crippen LogP contribution is -2.22. The lowest BCUT2D eigenvalue weighted by atomic mass is 9.75. The van der Waals surface area contributed by atoms with E-state index < -0.39 is 0 Å². The fraction of sp³-hybridized carbons (Fsp3) is 0.182. The first-order chi connectivity index (χ1) is 10.7. The zero-order chi connectivity index (χ0) is 15.6. The third kappa shape index (κ3) is 2.46. The highest BCUT2D eigenvalue weighted by molar-refractivity contribution is 5.68. The first-order valence-corrected chi connectivity index (χ1v) is 7.84. The summed E-state index contributed by atoms with van der Waals surface area (Å²) >= 11 is 0. The van der Waals surface area contributed by atoms with Crippen LogP contribution in [0.4, 0.5) is 0 Å². The zero-order valence-corrected chi connectivity index (χ0v) is 13.0. The predicted molar refractivity (Wildman–Crippen MR) is 96.8 cm³/mol. The van der Waals surface area contributed by atoms with Gasteiger partial charge in [-0.05, 0) is 53.1 Å². The Hall–Kier alpha value is -2.34. The molecule has 1 aliphatic carbocycles. The molecule has 0 atom stereocenters. The Balaban J connectivity index is 2.07. The molecule has 1 saturated carbocycles. The fourth-order valence-electron chi connectivity index (χ4n) is 3.26. The summed E-state index contributed by atoms with van der Waals surface area (Å²) in [5.41, 5.74) is 4.80. The molecule has 1 aliphatic rings. The molecule has 0 saturated heterocycles. The summed E-state index contributed by atoms with van der Waals surface area (Å²) in [4.78, 5) is 0. The topological polar surface area (TPSA) is 0 Å². The smallest absolute Gasteiger partial charge is 0.0335 e. The van der Waals surface area contributed by atoms with Crippen molar-refractivity contribution in [2.24, 2.45) is 5.92 Å². The monoisotopic (exact) mass is 286 g/mol. The molecule has 110 valence electrons. The molecule has 0 nitrogen and oxygen atoms in total. The molecule has 0 heterocycles. The van der Waals surface area contributed by atoms with Crippen molar-refractivity contribution in [1.82, 2.24) is 0 Å². The highest BCUT2D eigenvalue weighted by Gasteiger charge is 2.42. The minimum absolute atomic E-state index is 0.0912. The molecule has 3 rings (SSSR count). The average Bonchev–Trinajstić information content (AvgIpc) is 3.42. The predicted octanol–water partition coefficient (Wildman–Crippen LogP) is 6.02. The van der Waals surface area contributed by atoms with Gasteiger partial charge in [-0.2, -0.15) is 0 Å². The van der Waals surface area contributed by atoms with E-state index in [4.69, 9.17) is 0 Å². The van der Waals surface area contributed by atoms with E-state index >= 15 is 0 Å². The summed E-state index contributed by atoms with van der Waals surface area (Å²) in [6.07, 6.45) is 8.53. The van der Waals surface area contributed by atoms with E-state index in [2.05, 4.69) is 80.4 Å². The first-order valence-electron chi connectivity index (χ1n) is 7.84. The summed E-state index contributed by atoms with van der Waals surface area (Å²) in [6.45, 7) is 12.0. The minimum Gasteiger partial charge on any atom is -0.102 e. The van der Waals surface area contributed by atoms with Crippen LogP contribution < -0.4 is 0 Å². The quantitative estimate of drug-likeness (QED) is 0.570. The molecular weight excluding hydrogens is 264 g/mol. The van der Waals surface area contributed by atoms with Crippen LogP contribution >= 0.6 is 0 Å². The molecule has 0 aromatic heterocycles. The Morgan fingerprint density at radius 3 is 2.09 bits per heavy atom. The number of allylic oxidation sites excluding steroid dienone is 2. The Morgan fingerprint density at radius 2 is 1.50 bits per heavy atom. The van der Waals surface area contributed by atoms with Crippen molar-refractivity contribution in [1.29, 1.82) is 0 Å². The lowest BCUT2D eigenvalue weighted by molar-refractivity contribution is 0.581. The van der Waals surface area contributed by atoms with Crippen LogP contribution in [0, 0.1) is 5.92 Å². The van der Waals surface area contributed by atoms with Crippen LogP contribution in [-0.4, -0.2) is 0 Å². The lowest BCUT2D eigenvalue weighted by Gasteiger charge is -2.28. The van der Waals surface area contributed by atoms with Gasteiger partial charge in [-0.3, -0.25) is 0 Å². The standard InChI is InChI=1S/C22H22/c1-4-17-9-7-10-18(15-17)19-11-8-12-21(16-19)22(5-2,6-3)20-13-14-20/h4-12,15-16,20H,1-3,13-14H2. The molecule has 1 fully saturated rings. The second kappa shape index (κ2) is 5.81.